The van der Waals surface area contributed by atoms with Gasteiger partial charge in [-0.05, 0) is 41.2 Å². The van der Waals surface area contributed by atoms with Crippen LogP contribution in [0.1, 0.15) is 38.2 Å². The van der Waals surface area contributed by atoms with E-state index in [-0.39, 0.29) is 0 Å². The van der Waals surface area contributed by atoms with E-state index in [2.05, 4.69) is 31.2 Å². The Balaban J connectivity index is 1.71. The number of benzene rings is 3. The standard InChI is InChI=1S/C24H24F2/c1-2-3-4-5-7-18-10-12-19(13-11-18)20-14-16-21(17-15-20)22-8-6-9-23(25)24(22)26/h6,8-17H,2-5,7H2,1H3. The van der Waals surface area contributed by atoms with Gasteiger partial charge in [0.15, 0.2) is 11.6 Å². The van der Waals surface area contributed by atoms with Crippen LogP contribution in [0.25, 0.3) is 22.3 Å². The summed E-state index contributed by atoms with van der Waals surface area (Å²) in [7, 11) is 0. The van der Waals surface area contributed by atoms with Gasteiger partial charge in [-0.2, -0.15) is 0 Å². The Bertz CT molecular complexity index is 833. The Kier molecular flexibility index (Phi) is 6.17. The first-order chi connectivity index (χ1) is 12.7. The van der Waals surface area contributed by atoms with Gasteiger partial charge in [0.25, 0.3) is 0 Å². The van der Waals surface area contributed by atoms with Gasteiger partial charge in [0, 0.05) is 5.56 Å². The summed E-state index contributed by atoms with van der Waals surface area (Å²) < 4.78 is 27.3. The second-order valence-electron chi connectivity index (χ2n) is 6.69. The molecule has 26 heavy (non-hydrogen) atoms. The van der Waals surface area contributed by atoms with Gasteiger partial charge in [0.1, 0.15) is 0 Å². The first kappa shape index (κ1) is 18.3. The monoisotopic (exact) mass is 350 g/mol. The molecule has 0 aliphatic carbocycles. The van der Waals surface area contributed by atoms with E-state index in [4.69, 9.17) is 0 Å². The maximum Gasteiger partial charge on any atom is 0.166 e. The summed E-state index contributed by atoms with van der Waals surface area (Å²) in [4.78, 5) is 0. The molecule has 0 radical (unpaired) electrons. The molecule has 0 N–H and O–H groups in total. The third-order valence-corrected chi connectivity index (χ3v) is 4.75. The summed E-state index contributed by atoms with van der Waals surface area (Å²) in [5, 5.41) is 0. The highest BCUT2D eigenvalue weighted by Crippen LogP contribution is 2.28. The number of hydrogen-bond donors (Lipinski definition) is 0. The van der Waals surface area contributed by atoms with Crippen LogP contribution in [0.5, 0.6) is 0 Å². The van der Waals surface area contributed by atoms with Crippen molar-refractivity contribution in [3.05, 3.63) is 83.9 Å². The number of halogens is 2. The molecule has 2 heteroatoms. The lowest BCUT2D eigenvalue weighted by molar-refractivity contribution is 0.511. The Morgan fingerprint density at radius 2 is 1.27 bits per heavy atom. The molecule has 3 aromatic rings. The Morgan fingerprint density at radius 1 is 0.654 bits per heavy atom. The lowest BCUT2D eigenvalue weighted by atomic mass is 9.98. The molecule has 134 valence electrons. The highest BCUT2D eigenvalue weighted by molar-refractivity contribution is 5.70. The highest BCUT2D eigenvalue weighted by Gasteiger charge is 2.09. The van der Waals surface area contributed by atoms with Gasteiger partial charge in [-0.25, -0.2) is 8.78 Å². The van der Waals surface area contributed by atoms with Crippen LogP contribution >= 0.6 is 0 Å². The van der Waals surface area contributed by atoms with Gasteiger partial charge in [-0.15, -0.1) is 0 Å². The smallest absolute Gasteiger partial charge is 0.166 e. The van der Waals surface area contributed by atoms with Crippen molar-refractivity contribution in [1.82, 2.24) is 0 Å². The normalized spacial score (nSPS) is 10.9. The SMILES string of the molecule is CCCCCCc1ccc(-c2ccc(-c3cccc(F)c3F)cc2)cc1. The Hall–Kier alpha value is -2.48. The van der Waals surface area contributed by atoms with E-state index in [1.807, 2.05) is 24.3 Å². The predicted octanol–water partition coefficient (Wildman–Crippen LogP) is 7.42. The molecule has 3 rings (SSSR count). The summed E-state index contributed by atoms with van der Waals surface area (Å²) in [5.74, 6) is -1.62. The molecule has 3 aromatic carbocycles. The van der Waals surface area contributed by atoms with Gasteiger partial charge in [-0.1, -0.05) is 86.8 Å². The molecule has 0 heterocycles. The van der Waals surface area contributed by atoms with Crippen LogP contribution in [-0.2, 0) is 6.42 Å². The predicted molar refractivity (Wildman–Crippen MR) is 105 cm³/mol. The zero-order chi connectivity index (χ0) is 18.4. The molecule has 0 bridgehead atoms. The second-order valence-corrected chi connectivity index (χ2v) is 6.69. The fourth-order valence-electron chi connectivity index (χ4n) is 3.19. The van der Waals surface area contributed by atoms with Crippen molar-refractivity contribution < 1.29 is 8.78 Å². The van der Waals surface area contributed by atoms with Crippen molar-refractivity contribution in [3.8, 4) is 22.3 Å². The van der Waals surface area contributed by atoms with Crippen molar-refractivity contribution in [2.45, 2.75) is 39.0 Å². The van der Waals surface area contributed by atoms with E-state index in [1.54, 1.807) is 6.07 Å². The average molecular weight is 350 g/mol. The summed E-state index contributed by atoms with van der Waals surface area (Å²) in [5.41, 5.74) is 4.54. The molecule has 0 amide bonds. The molecule has 0 saturated heterocycles. The summed E-state index contributed by atoms with van der Waals surface area (Å²) in [6.45, 7) is 2.22. The minimum absolute atomic E-state index is 0.291. The third-order valence-electron chi connectivity index (χ3n) is 4.75. The minimum Gasteiger partial charge on any atom is -0.204 e. The zero-order valence-electron chi connectivity index (χ0n) is 15.1. The zero-order valence-corrected chi connectivity index (χ0v) is 15.1. The summed E-state index contributed by atoms with van der Waals surface area (Å²) >= 11 is 0. The van der Waals surface area contributed by atoms with Crippen molar-refractivity contribution in [1.29, 1.82) is 0 Å². The van der Waals surface area contributed by atoms with Gasteiger partial charge in [0.2, 0.25) is 0 Å². The first-order valence-electron chi connectivity index (χ1n) is 9.33. The molecule has 0 spiro atoms. The van der Waals surface area contributed by atoms with Crippen molar-refractivity contribution >= 4 is 0 Å². The average Bonchev–Trinajstić information content (AvgIpc) is 2.68. The van der Waals surface area contributed by atoms with Gasteiger partial charge in [0.05, 0.1) is 0 Å². The van der Waals surface area contributed by atoms with Crippen molar-refractivity contribution in [2.24, 2.45) is 0 Å². The van der Waals surface area contributed by atoms with Crippen LogP contribution in [0, 0.1) is 11.6 Å². The summed E-state index contributed by atoms with van der Waals surface area (Å²) in [6, 6.07) is 20.5. The lowest BCUT2D eigenvalue weighted by Crippen LogP contribution is -1.89. The molecule has 0 unspecified atom stereocenters. The number of unbranched alkanes of at least 4 members (excludes halogenated alkanes) is 3. The van der Waals surface area contributed by atoms with Crippen LogP contribution in [0.3, 0.4) is 0 Å². The van der Waals surface area contributed by atoms with Gasteiger partial charge >= 0.3 is 0 Å². The number of aryl methyl sites for hydroxylation is 1. The van der Waals surface area contributed by atoms with Crippen molar-refractivity contribution in [3.63, 3.8) is 0 Å². The third kappa shape index (κ3) is 4.37. The highest BCUT2D eigenvalue weighted by atomic mass is 19.2. The maximum absolute atomic E-state index is 13.9. The van der Waals surface area contributed by atoms with E-state index in [9.17, 15) is 8.78 Å². The number of hydrogen-bond acceptors (Lipinski definition) is 0. The van der Waals surface area contributed by atoms with E-state index in [0.29, 0.717) is 11.1 Å². The topological polar surface area (TPSA) is 0 Å². The fourth-order valence-corrected chi connectivity index (χ4v) is 3.19. The quantitative estimate of drug-likeness (QED) is 0.389. The van der Waals surface area contributed by atoms with Crippen LogP contribution in [0.4, 0.5) is 8.78 Å². The Labute approximate surface area is 154 Å². The summed E-state index contributed by atoms with van der Waals surface area (Å²) in [6.07, 6.45) is 6.21. The molecule has 0 atom stereocenters. The lowest BCUT2D eigenvalue weighted by Gasteiger charge is -2.08. The maximum atomic E-state index is 13.9. The van der Waals surface area contributed by atoms with E-state index < -0.39 is 11.6 Å². The molecule has 0 fully saturated rings. The van der Waals surface area contributed by atoms with Crippen LogP contribution < -0.4 is 0 Å². The molecular weight excluding hydrogens is 326 g/mol. The largest absolute Gasteiger partial charge is 0.204 e. The molecule has 0 nitrogen and oxygen atoms in total. The number of rotatable bonds is 7. The van der Waals surface area contributed by atoms with E-state index >= 15 is 0 Å². The van der Waals surface area contributed by atoms with Gasteiger partial charge in [-0.3, -0.25) is 0 Å². The molecule has 0 saturated carbocycles. The molecule has 0 aliphatic rings. The van der Waals surface area contributed by atoms with E-state index in [1.165, 1.54) is 37.3 Å². The van der Waals surface area contributed by atoms with Crippen LogP contribution in [-0.4, -0.2) is 0 Å². The second kappa shape index (κ2) is 8.75. The Morgan fingerprint density at radius 3 is 1.92 bits per heavy atom. The van der Waals surface area contributed by atoms with Crippen LogP contribution in [0.15, 0.2) is 66.7 Å². The van der Waals surface area contributed by atoms with Crippen LogP contribution in [0.2, 0.25) is 0 Å². The molecule has 0 aromatic heterocycles. The molecular formula is C24H24F2. The first-order valence-corrected chi connectivity index (χ1v) is 9.33. The fraction of sp³-hybridized carbons (Fsp3) is 0.250. The molecule has 0 aliphatic heterocycles. The van der Waals surface area contributed by atoms with Crippen molar-refractivity contribution in [2.75, 3.05) is 0 Å². The van der Waals surface area contributed by atoms with E-state index in [0.717, 1.165) is 23.6 Å². The minimum atomic E-state index is -0.818. The van der Waals surface area contributed by atoms with Gasteiger partial charge < -0.3 is 0 Å².